The van der Waals surface area contributed by atoms with Crippen molar-refractivity contribution in [2.24, 2.45) is 10.7 Å². The largest absolute Gasteiger partial charge is 0.495 e. The second kappa shape index (κ2) is 8.85. The predicted molar refractivity (Wildman–Crippen MR) is 92.2 cm³/mol. The minimum Gasteiger partial charge on any atom is -0.495 e. The van der Waals surface area contributed by atoms with Crippen molar-refractivity contribution in [2.45, 2.75) is 0 Å². The molecule has 0 radical (unpaired) electrons. The van der Waals surface area contributed by atoms with E-state index in [1.807, 2.05) is 0 Å². The van der Waals surface area contributed by atoms with Crippen LogP contribution in [0.5, 0.6) is 5.75 Å². The van der Waals surface area contributed by atoms with Crippen LogP contribution in [0.3, 0.4) is 0 Å². The maximum absolute atomic E-state index is 11.3. The third kappa shape index (κ3) is 5.83. The van der Waals surface area contributed by atoms with Gasteiger partial charge in [0.1, 0.15) is 12.3 Å². The highest BCUT2D eigenvalue weighted by atomic mass is 127. The van der Waals surface area contributed by atoms with E-state index in [9.17, 15) is 4.79 Å². The molecular formula is C12H18ClIN4O2. The van der Waals surface area contributed by atoms with Crippen molar-refractivity contribution in [3.63, 3.8) is 0 Å². The lowest BCUT2D eigenvalue weighted by Gasteiger charge is -2.10. The van der Waals surface area contributed by atoms with Gasteiger partial charge in [-0.05, 0) is 18.2 Å². The third-order valence-corrected chi connectivity index (χ3v) is 2.60. The maximum Gasteiger partial charge on any atom is 0.243 e. The molecular weight excluding hydrogens is 395 g/mol. The Morgan fingerprint density at radius 2 is 2.15 bits per heavy atom. The molecule has 0 heterocycles. The molecule has 0 saturated heterocycles. The zero-order valence-corrected chi connectivity index (χ0v) is 14.6. The number of rotatable bonds is 4. The summed E-state index contributed by atoms with van der Waals surface area (Å²) in [7, 11) is 4.85. The van der Waals surface area contributed by atoms with Crippen molar-refractivity contribution < 1.29 is 9.53 Å². The number of benzene rings is 1. The van der Waals surface area contributed by atoms with E-state index in [1.165, 1.54) is 12.0 Å². The molecule has 0 fully saturated rings. The molecule has 3 N–H and O–H groups in total. The molecule has 0 aliphatic rings. The Kier molecular flexibility index (Phi) is 8.31. The fraction of sp³-hybridized carbons (Fsp3) is 0.333. The van der Waals surface area contributed by atoms with Gasteiger partial charge in [0.05, 0.1) is 12.1 Å². The molecule has 1 rings (SSSR count). The monoisotopic (exact) mass is 412 g/mol. The molecule has 0 aliphatic carbocycles. The number of hydrogen-bond acceptors (Lipinski definition) is 3. The van der Waals surface area contributed by atoms with Crippen LogP contribution in [-0.2, 0) is 4.79 Å². The molecule has 8 heteroatoms. The van der Waals surface area contributed by atoms with Crippen LogP contribution in [0, 0.1) is 0 Å². The predicted octanol–water partition coefficient (Wildman–Crippen LogP) is 1.78. The Bertz CT molecular complexity index is 494. The summed E-state index contributed by atoms with van der Waals surface area (Å²) in [6.45, 7) is -0.00425. The van der Waals surface area contributed by atoms with Crippen molar-refractivity contribution in [1.29, 1.82) is 0 Å². The van der Waals surface area contributed by atoms with Gasteiger partial charge in [-0.1, -0.05) is 11.6 Å². The van der Waals surface area contributed by atoms with Gasteiger partial charge < -0.3 is 20.7 Å². The van der Waals surface area contributed by atoms with Crippen molar-refractivity contribution in [2.75, 3.05) is 33.1 Å². The van der Waals surface area contributed by atoms with Gasteiger partial charge in [-0.2, -0.15) is 0 Å². The second-order valence-corrected chi connectivity index (χ2v) is 4.37. The van der Waals surface area contributed by atoms with Gasteiger partial charge in [0.25, 0.3) is 0 Å². The maximum atomic E-state index is 11.3. The molecule has 20 heavy (non-hydrogen) atoms. The summed E-state index contributed by atoms with van der Waals surface area (Å²) in [4.78, 5) is 16.7. The third-order valence-electron chi connectivity index (χ3n) is 2.31. The van der Waals surface area contributed by atoms with Gasteiger partial charge in [-0.25, -0.2) is 4.99 Å². The van der Waals surface area contributed by atoms with Crippen LogP contribution in [0.1, 0.15) is 0 Å². The van der Waals surface area contributed by atoms with E-state index in [4.69, 9.17) is 22.1 Å². The highest BCUT2D eigenvalue weighted by Gasteiger charge is 2.04. The quantitative estimate of drug-likeness (QED) is 0.449. The number of halogens is 2. The van der Waals surface area contributed by atoms with Crippen molar-refractivity contribution >= 4 is 53.1 Å². The topological polar surface area (TPSA) is 80.0 Å². The second-order valence-electron chi connectivity index (χ2n) is 3.96. The Balaban J connectivity index is 0.00000361. The molecule has 0 atom stereocenters. The fourth-order valence-electron chi connectivity index (χ4n) is 1.23. The van der Waals surface area contributed by atoms with Crippen LogP contribution in [-0.4, -0.2) is 44.5 Å². The number of likely N-dealkylation sites (N-methyl/N-ethyl adjacent to an activating group) is 1. The van der Waals surface area contributed by atoms with Gasteiger partial charge in [0.2, 0.25) is 5.91 Å². The van der Waals surface area contributed by atoms with E-state index in [2.05, 4.69) is 10.3 Å². The Hall–Kier alpha value is -1.22. The van der Waals surface area contributed by atoms with Crippen molar-refractivity contribution in [3.05, 3.63) is 23.2 Å². The fourth-order valence-corrected chi connectivity index (χ4v) is 1.48. The van der Waals surface area contributed by atoms with Gasteiger partial charge in [0.15, 0.2) is 5.96 Å². The highest BCUT2D eigenvalue weighted by molar-refractivity contribution is 14.0. The van der Waals surface area contributed by atoms with Gasteiger partial charge >= 0.3 is 0 Å². The summed E-state index contributed by atoms with van der Waals surface area (Å²) >= 11 is 5.98. The molecule has 1 amide bonds. The van der Waals surface area contributed by atoms with Crippen LogP contribution >= 0.6 is 35.6 Å². The van der Waals surface area contributed by atoms with E-state index in [1.54, 1.807) is 32.3 Å². The van der Waals surface area contributed by atoms with E-state index < -0.39 is 0 Å². The average Bonchev–Trinajstić information content (AvgIpc) is 2.36. The molecule has 112 valence electrons. The lowest BCUT2D eigenvalue weighted by atomic mass is 10.3. The number of amides is 1. The number of nitrogens with two attached hydrogens (primary N) is 1. The molecule has 0 bridgehead atoms. The molecule has 0 unspecified atom stereocenters. The van der Waals surface area contributed by atoms with Crippen LogP contribution in [0.15, 0.2) is 23.2 Å². The number of anilines is 1. The minimum atomic E-state index is -0.127. The van der Waals surface area contributed by atoms with E-state index in [0.717, 1.165) is 0 Å². The number of carbonyl (C=O) groups is 1. The van der Waals surface area contributed by atoms with E-state index in [-0.39, 0.29) is 42.4 Å². The molecule has 0 spiro atoms. The number of hydrogen-bond donors (Lipinski definition) is 2. The first-order chi connectivity index (χ1) is 8.93. The molecule has 1 aromatic rings. The summed E-state index contributed by atoms with van der Waals surface area (Å²) < 4.78 is 5.04. The number of nitrogens with zero attached hydrogens (tertiary/aromatic N) is 2. The Morgan fingerprint density at radius 3 is 2.65 bits per heavy atom. The van der Waals surface area contributed by atoms with Crippen LogP contribution in [0.4, 0.5) is 5.69 Å². The summed E-state index contributed by atoms with van der Waals surface area (Å²) in [6, 6.07) is 5.13. The van der Waals surface area contributed by atoms with Crippen LogP contribution in [0.25, 0.3) is 0 Å². The molecule has 0 aromatic heterocycles. The average molecular weight is 413 g/mol. The molecule has 1 aromatic carbocycles. The number of guanidine groups is 1. The molecule has 0 saturated carbocycles. The van der Waals surface area contributed by atoms with E-state index in [0.29, 0.717) is 16.5 Å². The number of nitrogens with one attached hydrogen (secondary N) is 1. The van der Waals surface area contributed by atoms with E-state index >= 15 is 0 Å². The van der Waals surface area contributed by atoms with Crippen LogP contribution < -0.4 is 15.8 Å². The summed E-state index contributed by atoms with van der Waals surface area (Å²) in [5.74, 6) is 0.597. The molecule has 6 nitrogen and oxygen atoms in total. The first-order valence-corrected chi connectivity index (χ1v) is 5.92. The number of methoxy groups -OCH3 is 1. The van der Waals surface area contributed by atoms with Gasteiger partial charge in [-0.3, -0.25) is 4.79 Å². The highest BCUT2D eigenvalue weighted by Crippen LogP contribution is 2.26. The Labute approximate surface area is 140 Å². The van der Waals surface area contributed by atoms with Gasteiger partial charge in [-0.15, -0.1) is 24.0 Å². The number of ether oxygens (including phenoxy) is 1. The number of carbonyl (C=O) groups excluding carboxylic acids is 1. The lowest BCUT2D eigenvalue weighted by Crippen LogP contribution is -2.28. The smallest absolute Gasteiger partial charge is 0.243 e. The minimum absolute atomic E-state index is 0. The van der Waals surface area contributed by atoms with Crippen LogP contribution in [0.2, 0.25) is 5.02 Å². The summed E-state index contributed by atoms with van der Waals surface area (Å²) in [5, 5.41) is 3.31. The Morgan fingerprint density at radius 1 is 1.50 bits per heavy atom. The van der Waals surface area contributed by atoms with Crippen molar-refractivity contribution in [1.82, 2.24) is 4.90 Å². The summed E-state index contributed by atoms with van der Waals surface area (Å²) in [6.07, 6.45) is 0. The first-order valence-electron chi connectivity index (χ1n) is 5.54. The van der Waals surface area contributed by atoms with Gasteiger partial charge in [0, 0.05) is 19.8 Å². The van der Waals surface area contributed by atoms with Crippen molar-refractivity contribution in [3.8, 4) is 5.75 Å². The zero-order chi connectivity index (χ0) is 14.4. The normalized spacial score (nSPS) is 10.5. The first kappa shape index (κ1) is 18.8. The molecule has 0 aliphatic heterocycles. The number of aliphatic imine (C=N–C) groups is 1. The SMILES string of the molecule is COc1ccc(NC(N)=NCC(=O)N(C)C)cc1Cl.I. The lowest BCUT2D eigenvalue weighted by molar-refractivity contribution is -0.127. The zero-order valence-electron chi connectivity index (χ0n) is 11.5. The summed E-state index contributed by atoms with van der Waals surface area (Å²) in [5.41, 5.74) is 6.34. The standard InChI is InChI=1S/C12H17ClN4O2.HI/c1-17(2)11(18)7-15-12(14)16-8-4-5-10(19-3)9(13)6-8;/h4-6H,7H2,1-3H3,(H3,14,15,16);1H.